The SMILES string of the molecule is COc1ccc(S(=O)(=O)N2CCCCCC2)cc1C(=O)N1CCC[C@@H]1c1cccs1. The van der Waals surface area contributed by atoms with Crippen LogP contribution in [-0.4, -0.2) is 50.3 Å². The predicted octanol–water partition coefficient (Wildman–Crippen LogP) is 4.30. The van der Waals surface area contributed by atoms with E-state index in [2.05, 4.69) is 6.07 Å². The largest absolute Gasteiger partial charge is 0.496 e. The Morgan fingerprint density at radius 1 is 1.07 bits per heavy atom. The summed E-state index contributed by atoms with van der Waals surface area (Å²) in [5.74, 6) is 0.238. The molecule has 0 bridgehead atoms. The van der Waals surface area contributed by atoms with Gasteiger partial charge in [0.25, 0.3) is 5.91 Å². The average molecular weight is 449 g/mol. The maximum Gasteiger partial charge on any atom is 0.258 e. The minimum atomic E-state index is -3.64. The van der Waals surface area contributed by atoms with Gasteiger partial charge in [0.05, 0.1) is 23.6 Å². The van der Waals surface area contributed by atoms with Crippen molar-refractivity contribution >= 4 is 27.3 Å². The molecule has 162 valence electrons. The Hall–Kier alpha value is -1.90. The van der Waals surface area contributed by atoms with Crippen molar-refractivity contribution in [2.45, 2.75) is 49.5 Å². The predicted molar refractivity (Wildman–Crippen MR) is 118 cm³/mol. The first kappa shape index (κ1) is 21.3. The summed E-state index contributed by atoms with van der Waals surface area (Å²) in [6, 6.07) is 8.75. The normalized spacial score (nSPS) is 20.8. The molecular weight excluding hydrogens is 420 g/mol. The first-order valence-corrected chi connectivity index (χ1v) is 12.9. The van der Waals surface area contributed by atoms with Gasteiger partial charge in [-0.05, 0) is 55.3 Å². The minimum Gasteiger partial charge on any atom is -0.496 e. The van der Waals surface area contributed by atoms with E-state index in [1.165, 1.54) is 13.2 Å². The second kappa shape index (κ2) is 9.08. The van der Waals surface area contributed by atoms with Crippen molar-refractivity contribution in [2.75, 3.05) is 26.7 Å². The lowest BCUT2D eigenvalue weighted by Gasteiger charge is -2.25. The summed E-state index contributed by atoms with van der Waals surface area (Å²) < 4.78 is 33.5. The number of likely N-dealkylation sites (tertiary alicyclic amines) is 1. The lowest BCUT2D eigenvalue weighted by atomic mass is 10.1. The molecule has 6 nitrogen and oxygen atoms in total. The highest BCUT2D eigenvalue weighted by Crippen LogP contribution is 2.37. The van der Waals surface area contributed by atoms with E-state index in [9.17, 15) is 13.2 Å². The molecule has 0 N–H and O–H groups in total. The average Bonchev–Trinajstić information content (AvgIpc) is 3.38. The molecule has 0 radical (unpaired) electrons. The molecule has 2 saturated heterocycles. The first-order chi connectivity index (χ1) is 14.5. The number of rotatable bonds is 5. The molecule has 2 aromatic rings. The van der Waals surface area contributed by atoms with E-state index in [0.29, 0.717) is 30.9 Å². The lowest BCUT2D eigenvalue weighted by molar-refractivity contribution is 0.0734. The van der Waals surface area contributed by atoms with Crippen LogP contribution in [0.15, 0.2) is 40.6 Å². The monoisotopic (exact) mass is 448 g/mol. The van der Waals surface area contributed by atoms with Gasteiger partial charge in [0.2, 0.25) is 10.0 Å². The van der Waals surface area contributed by atoms with Crippen molar-refractivity contribution in [3.05, 3.63) is 46.2 Å². The Morgan fingerprint density at radius 3 is 2.50 bits per heavy atom. The van der Waals surface area contributed by atoms with Gasteiger partial charge in [0, 0.05) is 24.5 Å². The van der Waals surface area contributed by atoms with Crippen LogP contribution in [0.2, 0.25) is 0 Å². The third kappa shape index (κ3) is 4.13. The highest BCUT2D eigenvalue weighted by atomic mass is 32.2. The zero-order valence-electron chi connectivity index (χ0n) is 17.2. The van der Waals surface area contributed by atoms with Gasteiger partial charge in [0.1, 0.15) is 5.75 Å². The molecule has 0 saturated carbocycles. The number of hydrogen-bond acceptors (Lipinski definition) is 5. The standard InChI is InChI=1S/C22H28N2O4S2/c1-28-20-11-10-17(30(26,27)23-12-4-2-3-5-13-23)16-18(20)22(25)24-14-6-8-19(24)21-9-7-15-29-21/h7,9-11,15-16,19H,2-6,8,12-14H2,1H3/t19-/m1/s1. The number of methoxy groups -OCH3 is 1. The number of amides is 1. The van der Waals surface area contributed by atoms with Crippen LogP contribution in [0, 0.1) is 0 Å². The van der Waals surface area contributed by atoms with Gasteiger partial charge < -0.3 is 9.64 Å². The van der Waals surface area contributed by atoms with Gasteiger partial charge in [-0.15, -0.1) is 11.3 Å². The molecule has 4 rings (SSSR count). The number of ether oxygens (including phenoxy) is 1. The van der Waals surface area contributed by atoms with E-state index in [1.54, 1.807) is 27.8 Å². The molecule has 30 heavy (non-hydrogen) atoms. The number of sulfonamides is 1. The van der Waals surface area contributed by atoms with Gasteiger partial charge >= 0.3 is 0 Å². The molecule has 3 heterocycles. The number of benzene rings is 1. The summed E-state index contributed by atoms with van der Waals surface area (Å²) in [5.41, 5.74) is 0.317. The summed E-state index contributed by atoms with van der Waals surface area (Å²) in [6.45, 7) is 1.72. The van der Waals surface area contributed by atoms with E-state index in [4.69, 9.17) is 4.74 Å². The van der Waals surface area contributed by atoms with Gasteiger partial charge in [-0.2, -0.15) is 4.31 Å². The second-order valence-corrected chi connectivity index (χ2v) is 10.8. The van der Waals surface area contributed by atoms with Gasteiger partial charge in [0.15, 0.2) is 0 Å². The molecule has 1 aromatic heterocycles. The van der Waals surface area contributed by atoms with E-state index in [-0.39, 0.29) is 16.8 Å². The zero-order valence-corrected chi connectivity index (χ0v) is 18.9. The van der Waals surface area contributed by atoms with E-state index in [1.807, 2.05) is 16.3 Å². The van der Waals surface area contributed by atoms with Crippen molar-refractivity contribution in [3.63, 3.8) is 0 Å². The highest BCUT2D eigenvalue weighted by Gasteiger charge is 2.34. The zero-order chi connectivity index (χ0) is 21.1. The summed E-state index contributed by atoms with van der Waals surface area (Å²) >= 11 is 1.65. The van der Waals surface area contributed by atoms with Crippen molar-refractivity contribution < 1.29 is 17.9 Å². The number of nitrogens with zero attached hydrogens (tertiary/aromatic N) is 2. The number of carbonyl (C=O) groups is 1. The van der Waals surface area contributed by atoms with Crippen LogP contribution in [0.25, 0.3) is 0 Å². The van der Waals surface area contributed by atoms with Crippen LogP contribution in [-0.2, 0) is 10.0 Å². The summed E-state index contributed by atoms with van der Waals surface area (Å²) in [4.78, 5) is 16.7. The van der Waals surface area contributed by atoms with Crippen LogP contribution < -0.4 is 4.74 Å². The minimum absolute atomic E-state index is 0.0353. The molecule has 2 aliphatic rings. The van der Waals surface area contributed by atoms with Crippen LogP contribution in [0.5, 0.6) is 5.75 Å². The van der Waals surface area contributed by atoms with Crippen molar-refractivity contribution in [2.24, 2.45) is 0 Å². The topological polar surface area (TPSA) is 66.9 Å². The molecule has 0 spiro atoms. The fraction of sp³-hybridized carbons (Fsp3) is 0.500. The molecular formula is C22H28N2O4S2. The molecule has 2 fully saturated rings. The Morgan fingerprint density at radius 2 is 1.83 bits per heavy atom. The van der Waals surface area contributed by atoms with Gasteiger partial charge in [-0.25, -0.2) is 8.42 Å². The molecule has 1 atom stereocenters. The van der Waals surface area contributed by atoms with E-state index in [0.717, 1.165) is 43.4 Å². The summed E-state index contributed by atoms with van der Waals surface area (Å²) in [5, 5.41) is 2.02. The second-order valence-electron chi connectivity index (χ2n) is 7.85. The summed E-state index contributed by atoms with van der Waals surface area (Å²) in [6.07, 6.45) is 5.70. The molecule has 1 amide bonds. The van der Waals surface area contributed by atoms with E-state index >= 15 is 0 Å². The molecule has 1 aromatic carbocycles. The van der Waals surface area contributed by atoms with Crippen LogP contribution in [0.3, 0.4) is 0 Å². The Kier molecular flexibility index (Phi) is 6.46. The molecule has 8 heteroatoms. The highest BCUT2D eigenvalue weighted by molar-refractivity contribution is 7.89. The quantitative estimate of drug-likeness (QED) is 0.684. The number of thiophene rings is 1. The third-order valence-corrected chi connectivity index (χ3v) is 8.86. The van der Waals surface area contributed by atoms with Crippen LogP contribution in [0.1, 0.15) is 59.8 Å². The molecule has 2 aliphatic heterocycles. The van der Waals surface area contributed by atoms with Crippen molar-refractivity contribution in [1.82, 2.24) is 9.21 Å². The van der Waals surface area contributed by atoms with E-state index < -0.39 is 10.0 Å². The maximum atomic E-state index is 13.5. The van der Waals surface area contributed by atoms with Crippen molar-refractivity contribution in [1.29, 1.82) is 0 Å². The maximum absolute atomic E-state index is 13.5. The Bertz CT molecular complexity index is 981. The smallest absolute Gasteiger partial charge is 0.258 e. The Labute approximate surface area is 182 Å². The molecule has 0 aliphatic carbocycles. The third-order valence-electron chi connectivity index (χ3n) is 5.99. The van der Waals surface area contributed by atoms with Gasteiger partial charge in [-0.3, -0.25) is 4.79 Å². The fourth-order valence-electron chi connectivity index (χ4n) is 4.39. The van der Waals surface area contributed by atoms with Gasteiger partial charge in [-0.1, -0.05) is 18.9 Å². The van der Waals surface area contributed by atoms with Crippen LogP contribution >= 0.6 is 11.3 Å². The molecule has 0 unspecified atom stereocenters. The summed E-state index contributed by atoms with van der Waals surface area (Å²) in [7, 11) is -2.13. The number of carbonyl (C=O) groups excluding carboxylic acids is 1. The Balaban J connectivity index is 1.67. The first-order valence-electron chi connectivity index (χ1n) is 10.5. The number of hydrogen-bond donors (Lipinski definition) is 0. The van der Waals surface area contributed by atoms with Crippen LogP contribution in [0.4, 0.5) is 0 Å². The fourth-order valence-corrected chi connectivity index (χ4v) is 6.80. The van der Waals surface area contributed by atoms with Crippen molar-refractivity contribution in [3.8, 4) is 5.75 Å². The lowest BCUT2D eigenvalue weighted by Crippen LogP contribution is -2.33.